The highest BCUT2D eigenvalue weighted by atomic mass is 16.5. The Morgan fingerprint density at radius 3 is 2.47 bits per heavy atom. The first-order valence-electron chi connectivity index (χ1n) is 5.75. The fourth-order valence-electron chi connectivity index (χ4n) is 1.75. The van der Waals surface area contributed by atoms with Gasteiger partial charge in [-0.25, -0.2) is 0 Å². The zero-order chi connectivity index (χ0) is 12.1. The van der Waals surface area contributed by atoms with Crippen molar-refractivity contribution in [2.75, 3.05) is 12.4 Å². The number of ether oxygens (including phenoxy) is 1. The Hall–Kier alpha value is -1.96. The lowest BCUT2D eigenvalue weighted by molar-refractivity contribution is 0.306. The average Bonchev–Trinajstić information content (AvgIpc) is 2.38. The minimum absolute atomic E-state index is 0.610. The number of hydrogen-bond acceptors (Lipinski definition) is 2. The van der Waals surface area contributed by atoms with Gasteiger partial charge in [0.15, 0.2) is 0 Å². The molecular weight excluding hydrogens is 210 g/mol. The summed E-state index contributed by atoms with van der Waals surface area (Å²) in [4.78, 5) is 0. The van der Waals surface area contributed by atoms with Crippen LogP contribution in [0.25, 0.3) is 0 Å². The third-order valence-corrected chi connectivity index (χ3v) is 2.72. The maximum atomic E-state index is 5.74. The maximum Gasteiger partial charge on any atom is 0.120 e. The van der Waals surface area contributed by atoms with Crippen LogP contribution in [-0.4, -0.2) is 7.05 Å². The van der Waals surface area contributed by atoms with E-state index in [0.717, 1.165) is 11.4 Å². The molecule has 0 aliphatic heterocycles. The van der Waals surface area contributed by atoms with Gasteiger partial charge in [-0.05, 0) is 36.2 Å². The topological polar surface area (TPSA) is 21.3 Å². The number of nitrogens with one attached hydrogen (secondary N) is 1. The second-order valence-corrected chi connectivity index (χ2v) is 4.00. The lowest BCUT2D eigenvalue weighted by atomic mass is 10.2. The third kappa shape index (κ3) is 3.00. The van der Waals surface area contributed by atoms with Crippen LogP contribution in [0.4, 0.5) is 5.69 Å². The normalized spacial score (nSPS) is 10.0. The van der Waals surface area contributed by atoms with Gasteiger partial charge in [0.05, 0.1) is 0 Å². The largest absolute Gasteiger partial charge is 0.489 e. The highest BCUT2D eigenvalue weighted by Gasteiger charge is 1.99. The fourth-order valence-corrected chi connectivity index (χ4v) is 1.75. The van der Waals surface area contributed by atoms with Crippen molar-refractivity contribution in [1.29, 1.82) is 0 Å². The molecule has 2 aromatic carbocycles. The van der Waals surface area contributed by atoms with E-state index in [1.807, 2.05) is 37.4 Å². The molecule has 0 saturated carbocycles. The Bertz CT molecular complexity index is 480. The van der Waals surface area contributed by atoms with Crippen LogP contribution in [0.2, 0.25) is 0 Å². The monoisotopic (exact) mass is 227 g/mol. The summed E-state index contributed by atoms with van der Waals surface area (Å²) in [5, 5.41) is 3.14. The van der Waals surface area contributed by atoms with Crippen molar-refractivity contribution in [3.8, 4) is 5.75 Å². The van der Waals surface area contributed by atoms with Crippen LogP contribution in [-0.2, 0) is 6.61 Å². The Morgan fingerprint density at radius 2 is 1.82 bits per heavy atom. The van der Waals surface area contributed by atoms with Gasteiger partial charge in [-0.1, -0.05) is 30.3 Å². The molecule has 0 aliphatic carbocycles. The van der Waals surface area contributed by atoms with Gasteiger partial charge in [-0.2, -0.15) is 0 Å². The molecule has 2 heteroatoms. The first-order valence-corrected chi connectivity index (χ1v) is 5.75. The van der Waals surface area contributed by atoms with Gasteiger partial charge in [0.25, 0.3) is 0 Å². The van der Waals surface area contributed by atoms with Crippen LogP contribution in [0.3, 0.4) is 0 Å². The second-order valence-electron chi connectivity index (χ2n) is 4.00. The van der Waals surface area contributed by atoms with Gasteiger partial charge >= 0.3 is 0 Å². The van der Waals surface area contributed by atoms with Crippen molar-refractivity contribution in [3.63, 3.8) is 0 Å². The minimum Gasteiger partial charge on any atom is -0.489 e. The molecule has 0 fully saturated rings. The molecule has 0 radical (unpaired) electrons. The van der Waals surface area contributed by atoms with Gasteiger partial charge in [0.1, 0.15) is 12.4 Å². The Kier molecular flexibility index (Phi) is 3.66. The molecule has 2 aromatic rings. The molecule has 88 valence electrons. The molecule has 0 saturated heterocycles. The fraction of sp³-hybridized carbons (Fsp3) is 0.200. The highest BCUT2D eigenvalue weighted by Crippen LogP contribution is 2.21. The zero-order valence-electron chi connectivity index (χ0n) is 10.2. The van der Waals surface area contributed by atoms with E-state index in [-0.39, 0.29) is 0 Å². The van der Waals surface area contributed by atoms with Gasteiger partial charge in [0.2, 0.25) is 0 Å². The lowest BCUT2D eigenvalue weighted by Crippen LogP contribution is -1.97. The molecule has 0 bridgehead atoms. The number of aryl methyl sites for hydroxylation is 1. The van der Waals surface area contributed by atoms with E-state index >= 15 is 0 Å². The van der Waals surface area contributed by atoms with Crippen LogP contribution in [0, 0.1) is 6.92 Å². The first-order chi connectivity index (χ1) is 8.29. The van der Waals surface area contributed by atoms with Crippen LogP contribution in [0.15, 0.2) is 48.5 Å². The molecule has 0 aliphatic rings. The molecular formula is C15H17NO. The Balaban J connectivity index is 2.02. The summed E-state index contributed by atoms with van der Waals surface area (Å²) in [6, 6.07) is 16.3. The predicted octanol–water partition coefficient (Wildman–Crippen LogP) is 3.62. The summed E-state index contributed by atoms with van der Waals surface area (Å²) in [6.07, 6.45) is 0. The Morgan fingerprint density at radius 1 is 1.06 bits per heavy atom. The molecule has 2 nitrogen and oxygen atoms in total. The summed E-state index contributed by atoms with van der Waals surface area (Å²) in [7, 11) is 1.92. The van der Waals surface area contributed by atoms with Gasteiger partial charge in [-0.15, -0.1) is 0 Å². The molecule has 0 unspecified atom stereocenters. The van der Waals surface area contributed by atoms with Crippen molar-refractivity contribution in [2.24, 2.45) is 0 Å². The third-order valence-electron chi connectivity index (χ3n) is 2.72. The first kappa shape index (κ1) is 11.5. The number of hydrogen-bond donors (Lipinski definition) is 1. The summed E-state index contributed by atoms with van der Waals surface area (Å²) in [6.45, 7) is 2.68. The highest BCUT2D eigenvalue weighted by molar-refractivity contribution is 5.53. The van der Waals surface area contributed by atoms with Gasteiger partial charge < -0.3 is 10.1 Å². The summed E-state index contributed by atoms with van der Waals surface area (Å²) in [5.74, 6) is 0.908. The van der Waals surface area contributed by atoms with Crippen molar-refractivity contribution in [1.82, 2.24) is 0 Å². The molecule has 0 amide bonds. The van der Waals surface area contributed by atoms with E-state index in [4.69, 9.17) is 4.74 Å². The van der Waals surface area contributed by atoms with E-state index in [0.29, 0.717) is 6.61 Å². The van der Waals surface area contributed by atoms with Gasteiger partial charge in [0, 0.05) is 12.7 Å². The van der Waals surface area contributed by atoms with Crippen molar-refractivity contribution in [3.05, 3.63) is 59.7 Å². The number of rotatable bonds is 4. The van der Waals surface area contributed by atoms with Crippen molar-refractivity contribution >= 4 is 5.69 Å². The molecule has 1 N–H and O–H groups in total. The second kappa shape index (κ2) is 5.39. The summed E-state index contributed by atoms with van der Waals surface area (Å²) < 4.78 is 5.74. The van der Waals surface area contributed by atoms with E-state index < -0.39 is 0 Å². The van der Waals surface area contributed by atoms with Crippen LogP contribution in [0.5, 0.6) is 5.75 Å². The zero-order valence-corrected chi connectivity index (χ0v) is 10.2. The van der Waals surface area contributed by atoms with Crippen LogP contribution in [0.1, 0.15) is 11.1 Å². The summed E-state index contributed by atoms with van der Waals surface area (Å²) >= 11 is 0. The van der Waals surface area contributed by atoms with E-state index in [1.54, 1.807) is 0 Å². The smallest absolute Gasteiger partial charge is 0.120 e. The van der Waals surface area contributed by atoms with Crippen molar-refractivity contribution in [2.45, 2.75) is 13.5 Å². The molecule has 0 heterocycles. The van der Waals surface area contributed by atoms with Crippen LogP contribution < -0.4 is 10.1 Å². The van der Waals surface area contributed by atoms with Crippen molar-refractivity contribution < 1.29 is 4.74 Å². The molecule has 17 heavy (non-hydrogen) atoms. The molecule has 0 aromatic heterocycles. The van der Waals surface area contributed by atoms with E-state index in [1.165, 1.54) is 11.1 Å². The van der Waals surface area contributed by atoms with E-state index in [2.05, 4.69) is 30.4 Å². The SMILES string of the molecule is CNc1ccc(OCc2ccccc2)cc1C. The standard InChI is InChI=1S/C15H17NO/c1-12-10-14(8-9-15(12)16-2)17-11-13-6-4-3-5-7-13/h3-10,16H,11H2,1-2H3. The minimum atomic E-state index is 0.610. The lowest BCUT2D eigenvalue weighted by Gasteiger charge is -2.09. The van der Waals surface area contributed by atoms with Gasteiger partial charge in [-0.3, -0.25) is 0 Å². The quantitative estimate of drug-likeness (QED) is 0.861. The van der Waals surface area contributed by atoms with E-state index in [9.17, 15) is 0 Å². The Labute approximate surface area is 102 Å². The number of benzene rings is 2. The van der Waals surface area contributed by atoms with Crippen LogP contribution >= 0.6 is 0 Å². The molecule has 0 atom stereocenters. The average molecular weight is 227 g/mol. The predicted molar refractivity (Wildman–Crippen MR) is 71.5 cm³/mol. The number of anilines is 1. The molecule has 2 rings (SSSR count). The maximum absolute atomic E-state index is 5.74. The summed E-state index contributed by atoms with van der Waals surface area (Å²) in [5.41, 5.74) is 3.51. The molecule has 0 spiro atoms.